The third kappa shape index (κ3) is 3.04. The second-order valence-electron chi connectivity index (χ2n) is 5.80. The SMILES string of the molecule is Cn1ncnc1C1CN(C(=O)OC(C)(C)C)CC1O. The van der Waals surface area contributed by atoms with Gasteiger partial charge in [-0.05, 0) is 20.8 Å². The summed E-state index contributed by atoms with van der Waals surface area (Å²) >= 11 is 0. The molecule has 2 unspecified atom stereocenters. The molecule has 0 aromatic carbocycles. The van der Waals surface area contributed by atoms with Crippen LogP contribution in [0, 0.1) is 0 Å². The molecule has 0 aliphatic carbocycles. The smallest absolute Gasteiger partial charge is 0.410 e. The highest BCUT2D eigenvalue weighted by atomic mass is 16.6. The Morgan fingerprint density at radius 2 is 2.16 bits per heavy atom. The van der Waals surface area contributed by atoms with Gasteiger partial charge in [0.05, 0.1) is 18.6 Å². The third-order valence-corrected chi connectivity index (χ3v) is 3.02. The van der Waals surface area contributed by atoms with Crippen LogP contribution >= 0.6 is 0 Å². The number of aryl methyl sites for hydroxylation is 1. The van der Waals surface area contributed by atoms with Crippen molar-refractivity contribution in [2.75, 3.05) is 13.1 Å². The van der Waals surface area contributed by atoms with Crippen LogP contribution < -0.4 is 0 Å². The molecule has 0 bridgehead atoms. The zero-order chi connectivity index (χ0) is 14.2. The largest absolute Gasteiger partial charge is 0.444 e. The van der Waals surface area contributed by atoms with Crippen LogP contribution in [0.2, 0.25) is 0 Å². The fourth-order valence-corrected chi connectivity index (χ4v) is 2.16. The summed E-state index contributed by atoms with van der Waals surface area (Å²) in [5.41, 5.74) is -0.537. The molecule has 7 nitrogen and oxygen atoms in total. The van der Waals surface area contributed by atoms with Gasteiger partial charge >= 0.3 is 6.09 Å². The maximum atomic E-state index is 12.0. The highest BCUT2D eigenvalue weighted by Gasteiger charge is 2.38. The Hall–Kier alpha value is -1.63. The maximum absolute atomic E-state index is 12.0. The van der Waals surface area contributed by atoms with E-state index in [1.165, 1.54) is 11.2 Å². The van der Waals surface area contributed by atoms with Crippen molar-refractivity contribution in [1.82, 2.24) is 19.7 Å². The van der Waals surface area contributed by atoms with Gasteiger partial charge in [0.2, 0.25) is 0 Å². The molecule has 7 heteroatoms. The molecule has 2 rings (SSSR count). The summed E-state index contributed by atoms with van der Waals surface area (Å²) < 4.78 is 6.92. The quantitative estimate of drug-likeness (QED) is 0.802. The molecule has 1 saturated heterocycles. The first-order valence-corrected chi connectivity index (χ1v) is 6.28. The molecule has 2 atom stereocenters. The van der Waals surface area contributed by atoms with Crippen molar-refractivity contribution >= 4 is 6.09 Å². The molecule has 1 N–H and O–H groups in total. The molecular weight excluding hydrogens is 248 g/mol. The van der Waals surface area contributed by atoms with Crippen molar-refractivity contribution in [2.24, 2.45) is 7.05 Å². The Morgan fingerprint density at radius 3 is 2.68 bits per heavy atom. The summed E-state index contributed by atoms with van der Waals surface area (Å²) in [6.07, 6.45) is 0.393. The predicted molar refractivity (Wildman–Crippen MR) is 67.6 cm³/mol. The van der Waals surface area contributed by atoms with E-state index in [0.717, 1.165) is 0 Å². The number of nitrogens with zero attached hydrogens (tertiary/aromatic N) is 4. The number of aliphatic hydroxyl groups excluding tert-OH is 1. The fraction of sp³-hybridized carbons (Fsp3) is 0.750. The van der Waals surface area contributed by atoms with Gasteiger partial charge < -0.3 is 14.7 Å². The van der Waals surface area contributed by atoms with Crippen molar-refractivity contribution in [3.05, 3.63) is 12.2 Å². The summed E-state index contributed by atoms with van der Waals surface area (Å²) in [6, 6.07) is 0. The molecule has 1 amide bonds. The second-order valence-corrected chi connectivity index (χ2v) is 5.80. The van der Waals surface area contributed by atoms with E-state index >= 15 is 0 Å². The van der Waals surface area contributed by atoms with Crippen LogP contribution in [0.15, 0.2) is 6.33 Å². The number of carbonyl (C=O) groups excluding carboxylic acids is 1. The maximum Gasteiger partial charge on any atom is 0.410 e. The Balaban J connectivity index is 2.06. The Kier molecular flexibility index (Phi) is 3.49. The van der Waals surface area contributed by atoms with E-state index in [0.29, 0.717) is 12.4 Å². The van der Waals surface area contributed by atoms with Crippen LogP contribution in [0.3, 0.4) is 0 Å². The average molecular weight is 268 g/mol. The van der Waals surface area contributed by atoms with Crippen LogP contribution in [0.5, 0.6) is 0 Å². The lowest BCUT2D eigenvalue weighted by Crippen LogP contribution is -2.35. The van der Waals surface area contributed by atoms with Gasteiger partial charge in [0.15, 0.2) is 0 Å². The molecule has 1 fully saturated rings. The minimum Gasteiger partial charge on any atom is -0.444 e. The molecule has 2 heterocycles. The van der Waals surface area contributed by atoms with E-state index in [4.69, 9.17) is 4.74 Å². The van der Waals surface area contributed by atoms with Gasteiger partial charge in [-0.3, -0.25) is 4.68 Å². The van der Waals surface area contributed by atoms with Crippen molar-refractivity contribution < 1.29 is 14.6 Å². The number of hydrogen-bond acceptors (Lipinski definition) is 5. The summed E-state index contributed by atoms with van der Waals surface area (Å²) in [6.45, 7) is 6.10. The molecule has 0 spiro atoms. The fourth-order valence-electron chi connectivity index (χ4n) is 2.16. The molecule has 0 radical (unpaired) electrons. The molecule has 19 heavy (non-hydrogen) atoms. The van der Waals surface area contributed by atoms with Crippen LogP contribution in [0.4, 0.5) is 4.79 Å². The number of amides is 1. The lowest BCUT2D eigenvalue weighted by atomic mass is 10.1. The van der Waals surface area contributed by atoms with E-state index < -0.39 is 17.8 Å². The summed E-state index contributed by atoms with van der Waals surface area (Å²) in [4.78, 5) is 17.6. The van der Waals surface area contributed by atoms with Crippen LogP contribution in [-0.2, 0) is 11.8 Å². The van der Waals surface area contributed by atoms with Crippen LogP contribution in [0.1, 0.15) is 32.5 Å². The molecule has 1 aliphatic rings. The standard InChI is InChI=1S/C12H20N4O3/c1-12(2,3)19-11(18)16-5-8(9(17)6-16)10-13-7-14-15(10)4/h7-9,17H,5-6H2,1-4H3. The highest BCUT2D eigenvalue weighted by Crippen LogP contribution is 2.27. The minimum atomic E-state index is -0.643. The molecule has 106 valence electrons. The molecular formula is C12H20N4O3. The van der Waals surface area contributed by atoms with Crippen LogP contribution in [-0.4, -0.2) is 55.7 Å². The zero-order valence-corrected chi connectivity index (χ0v) is 11.7. The van der Waals surface area contributed by atoms with E-state index in [2.05, 4.69) is 10.1 Å². The number of β-amino-alcohol motifs (C(OH)–C–C–N with tert-alkyl or cyclic N) is 1. The Morgan fingerprint density at radius 1 is 1.47 bits per heavy atom. The zero-order valence-electron chi connectivity index (χ0n) is 11.7. The molecule has 0 saturated carbocycles. The first kappa shape index (κ1) is 13.8. The van der Waals surface area contributed by atoms with E-state index in [1.807, 2.05) is 20.8 Å². The molecule has 1 aromatic heterocycles. The summed E-state index contributed by atoms with van der Waals surface area (Å²) in [7, 11) is 1.77. The Bertz CT molecular complexity index is 466. The summed E-state index contributed by atoms with van der Waals surface area (Å²) in [5, 5.41) is 14.1. The molecule has 1 aliphatic heterocycles. The lowest BCUT2D eigenvalue weighted by molar-refractivity contribution is 0.0270. The second kappa shape index (κ2) is 4.80. The first-order chi connectivity index (χ1) is 8.78. The third-order valence-electron chi connectivity index (χ3n) is 3.02. The number of carbonyl (C=O) groups is 1. The summed E-state index contributed by atoms with van der Waals surface area (Å²) in [5.74, 6) is 0.457. The normalized spacial score (nSPS) is 23.7. The number of hydrogen-bond donors (Lipinski definition) is 1. The average Bonchev–Trinajstić information content (AvgIpc) is 2.82. The minimum absolute atomic E-state index is 0.222. The first-order valence-electron chi connectivity index (χ1n) is 6.28. The lowest BCUT2D eigenvalue weighted by Gasteiger charge is -2.24. The number of rotatable bonds is 1. The predicted octanol–water partition coefficient (Wildman–Crippen LogP) is 0.510. The van der Waals surface area contributed by atoms with E-state index in [9.17, 15) is 9.90 Å². The Labute approximate surface area is 112 Å². The van der Waals surface area contributed by atoms with Gasteiger partial charge in [0.1, 0.15) is 17.8 Å². The number of likely N-dealkylation sites (tertiary alicyclic amines) is 1. The van der Waals surface area contributed by atoms with E-state index in [-0.39, 0.29) is 12.5 Å². The van der Waals surface area contributed by atoms with Crippen molar-refractivity contribution in [1.29, 1.82) is 0 Å². The van der Waals surface area contributed by atoms with Gasteiger partial charge in [-0.25, -0.2) is 9.78 Å². The van der Waals surface area contributed by atoms with Gasteiger partial charge in [-0.2, -0.15) is 5.10 Å². The topological polar surface area (TPSA) is 80.5 Å². The number of aromatic nitrogens is 3. The van der Waals surface area contributed by atoms with Crippen molar-refractivity contribution in [3.8, 4) is 0 Å². The molecule has 1 aromatic rings. The monoisotopic (exact) mass is 268 g/mol. The number of ether oxygens (including phenoxy) is 1. The van der Waals surface area contributed by atoms with Crippen molar-refractivity contribution in [3.63, 3.8) is 0 Å². The van der Waals surface area contributed by atoms with Gasteiger partial charge in [-0.15, -0.1) is 0 Å². The van der Waals surface area contributed by atoms with Gasteiger partial charge in [-0.1, -0.05) is 0 Å². The van der Waals surface area contributed by atoms with E-state index in [1.54, 1.807) is 11.7 Å². The van der Waals surface area contributed by atoms with Crippen molar-refractivity contribution in [2.45, 2.75) is 38.4 Å². The number of aliphatic hydroxyl groups is 1. The van der Waals surface area contributed by atoms with Gasteiger partial charge in [0.25, 0.3) is 0 Å². The van der Waals surface area contributed by atoms with Crippen LogP contribution in [0.25, 0.3) is 0 Å². The van der Waals surface area contributed by atoms with Gasteiger partial charge in [0, 0.05) is 13.6 Å². The highest BCUT2D eigenvalue weighted by molar-refractivity contribution is 5.68.